The number of benzene rings is 1. The minimum Gasteiger partial charge on any atom is -0.478 e. The third-order valence-electron chi connectivity index (χ3n) is 3.85. The van der Waals surface area contributed by atoms with Crippen LogP contribution in [0.1, 0.15) is 19.8 Å². The number of amides is 5. The van der Waals surface area contributed by atoms with E-state index in [1.54, 1.807) is 6.07 Å². The van der Waals surface area contributed by atoms with Gasteiger partial charge in [-0.15, -0.1) is 0 Å². The molecule has 10 heteroatoms. The van der Waals surface area contributed by atoms with Crippen LogP contribution in [0.2, 0.25) is 0 Å². The summed E-state index contributed by atoms with van der Waals surface area (Å²) in [5.41, 5.74) is 4.39. The van der Waals surface area contributed by atoms with Gasteiger partial charge in [-0.1, -0.05) is 12.1 Å². The number of rotatable bonds is 7. The first-order valence-corrected chi connectivity index (χ1v) is 8.35. The fourth-order valence-corrected chi connectivity index (χ4v) is 2.37. The Kier molecular flexibility index (Phi) is 6.69. The van der Waals surface area contributed by atoms with Crippen LogP contribution in [0.25, 0.3) is 0 Å². The molecule has 1 atom stereocenters. The molecule has 1 aromatic carbocycles. The number of imide groups is 1. The van der Waals surface area contributed by atoms with E-state index in [0.29, 0.717) is 0 Å². The van der Waals surface area contributed by atoms with Gasteiger partial charge >= 0.3 is 6.03 Å². The number of hydrogen-bond acceptors (Lipinski definition) is 5. The van der Waals surface area contributed by atoms with Crippen LogP contribution in [-0.4, -0.2) is 59.8 Å². The predicted molar refractivity (Wildman–Crippen MR) is 91.7 cm³/mol. The Morgan fingerprint density at radius 2 is 1.96 bits per heavy atom. The van der Waals surface area contributed by atoms with Crippen LogP contribution in [0.4, 0.5) is 9.18 Å². The van der Waals surface area contributed by atoms with Crippen molar-refractivity contribution in [2.24, 2.45) is 0 Å². The van der Waals surface area contributed by atoms with Crippen molar-refractivity contribution in [3.63, 3.8) is 0 Å². The topological polar surface area (TPSA) is 108 Å². The Labute approximate surface area is 155 Å². The first kappa shape index (κ1) is 20.1. The number of hydrazine groups is 1. The molecule has 0 aliphatic carbocycles. The van der Waals surface area contributed by atoms with Crippen molar-refractivity contribution in [2.45, 2.75) is 25.9 Å². The number of carbonyl (C=O) groups excluding carboxylic acids is 4. The van der Waals surface area contributed by atoms with Crippen LogP contribution in [-0.2, 0) is 14.4 Å². The van der Waals surface area contributed by atoms with E-state index in [1.165, 1.54) is 37.1 Å². The van der Waals surface area contributed by atoms with Crippen molar-refractivity contribution < 1.29 is 28.3 Å². The number of urea groups is 1. The van der Waals surface area contributed by atoms with Gasteiger partial charge in [0, 0.05) is 20.0 Å². The van der Waals surface area contributed by atoms with Gasteiger partial charge < -0.3 is 9.64 Å². The van der Waals surface area contributed by atoms with Crippen molar-refractivity contribution in [3.05, 3.63) is 30.1 Å². The Bertz CT molecular complexity index is 742. The Hall–Kier alpha value is -3.17. The third kappa shape index (κ3) is 5.40. The molecule has 1 saturated heterocycles. The predicted octanol–water partition coefficient (Wildman–Crippen LogP) is 0.415. The van der Waals surface area contributed by atoms with Gasteiger partial charge in [-0.2, -0.15) is 0 Å². The highest BCUT2D eigenvalue weighted by atomic mass is 19.1. The van der Waals surface area contributed by atoms with Crippen LogP contribution in [0.5, 0.6) is 5.75 Å². The molecule has 0 bridgehead atoms. The van der Waals surface area contributed by atoms with Crippen molar-refractivity contribution in [1.29, 1.82) is 0 Å². The lowest BCUT2D eigenvalue weighted by Crippen LogP contribution is -2.47. The molecule has 1 fully saturated rings. The van der Waals surface area contributed by atoms with Gasteiger partial charge in [-0.05, 0) is 25.5 Å². The molecule has 1 aliphatic heterocycles. The number of halogens is 1. The van der Waals surface area contributed by atoms with Crippen molar-refractivity contribution in [3.8, 4) is 5.75 Å². The molecule has 0 aromatic heterocycles. The zero-order valence-electron chi connectivity index (χ0n) is 15.0. The summed E-state index contributed by atoms with van der Waals surface area (Å²) in [6.45, 7) is 1.56. The second-order valence-electron chi connectivity index (χ2n) is 6.02. The largest absolute Gasteiger partial charge is 0.478 e. The molecule has 9 nitrogen and oxygen atoms in total. The van der Waals surface area contributed by atoms with E-state index < -0.39 is 29.8 Å². The second kappa shape index (κ2) is 8.97. The van der Waals surface area contributed by atoms with Gasteiger partial charge in [0.05, 0.1) is 0 Å². The number of carbonyl (C=O) groups is 4. The smallest absolute Gasteiger partial charge is 0.326 e. The molecule has 0 radical (unpaired) electrons. The quantitative estimate of drug-likeness (QED) is 0.526. The highest BCUT2D eigenvalue weighted by Crippen LogP contribution is 2.16. The summed E-state index contributed by atoms with van der Waals surface area (Å²) >= 11 is 0. The maximum absolute atomic E-state index is 13.5. The van der Waals surface area contributed by atoms with E-state index in [2.05, 4.69) is 10.9 Å². The summed E-state index contributed by atoms with van der Waals surface area (Å²) in [6.07, 6.45) is -0.768. The lowest BCUT2D eigenvalue weighted by atomic mass is 10.3. The van der Waals surface area contributed by atoms with E-state index in [1.807, 2.05) is 0 Å². The van der Waals surface area contributed by atoms with Gasteiger partial charge in [0.1, 0.15) is 6.54 Å². The molecule has 1 aromatic rings. The Morgan fingerprint density at radius 1 is 1.26 bits per heavy atom. The van der Waals surface area contributed by atoms with Crippen LogP contribution in [0.3, 0.4) is 0 Å². The van der Waals surface area contributed by atoms with Crippen LogP contribution in [0.15, 0.2) is 24.3 Å². The fourth-order valence-electron chi connectivity index (χ4n) is 2.37. The molecular formula is C17H21FN4O5. The van der Waals surface area contributed by atoms with Gasteiger partial charge in [0.15, 0.2) is 17.7 Å². The fraction of sp³-hybridized carbons (Fsp3) is 0.412. The molecule has 0 spiro atoms. The average Bonchev–Trinajstić information content (AvgIpc) is 2.87. The molecule has 1 aliphatic rings. The number of para-hydroxylation sites is 1. The van der Waals surface area contributed by atoms with E-state index in [0.717, 1.165) is 4.90 Å². The molecule has 0 saturated carbocycles. The zero-order chi connectivity index (χ0) is 20.0. The molecular weight excluding hydrogens is 359 g/mol. The van der Waals surface area contributed by atoms with Gasteiger partial charge in [-0.25, -0.2) is 9.18 Å². The van der Waals surface area contributed by atoms with Gasteiger partial charge in [0.25, 0.3) is 5.91 Å². The minimum absolute atomic E-state index is 0.00358. The lowest BCUT2D eigenvalue weighted by Gasteiger charge is -2.16. The highest BCUT2D eigenvalue weighted by Gasteiger charge is 2.32. The van der Waals surface area contributed by atoms with Crippen molar-refractivity contribution >= 4 is 23.8 Å². The van der Waals surface area contributed by atoms with Crippen LogP contribution >= 0.6 is 0 Å². The van der Waals surface area contributed by atoms with E-state index in [-0.39, 0.29) is 37.6 Å². The Morgan fingerprint density at radius 3 is 2.59 bits per heavy atom. The maximum atomic E-state index is 13.5. The van der Waals surface area contributed by atoms with E-state index in [4.69, 9.17) is 4.74 Å². The van der Waals surface area contributed by atoms with Crippen LogP contribution in [0, 0.1) is 5.82 Å². The van der Waals surface area contributed by atoms with Crippen molar-refractivity contribution in [2.75, 3.05) is 20.1 Å². The summed E-state index contributed by atoms with van der Waals surface area (Å²) in [5, 5.41) is 0. The molecule has 1 heterocycles. The molecule has 2 N–H and O–H groups in total. The molecule has 5 amide bonds. The molecule has 0 unspecified atom stereocenters. The summed E-state index contributed by atoms with van der Waals surface area (Å²) < 4.78 is 18.7. The number of ether oxygens (including phenoxy) is 1. The second-order valence-corrected chi connectivity index (χ2v) is 6.02. The maximum Gasteiger partial charge on any atom is 0.326 e. The summed E-state index contributed by atoms with van der Waals surface area (Å²) in [4.78, 5) is 49.3. The third-order valence-corrected chi connectivity index (χ3v) is 3.85. The van der Waals surface area contributed by atoms with Crippen molar-refractivity contribution in [1.82, 2.24) is 20.7 Å². The monoisotopic (exact) mass is 380 g/mol. The standard InChI is InChI=1S/C17H21FN4O5/c1-11(27-13-7-4-3-6-12(13)18)16(25)20-19-14(23)8-5-9-22-15(24)10-21(2)17(22)26/h3-4,6-7,11H,5,8-10H2,1-2H3,(H,19,23)(H,20,25)/t11-/m0/s1. The van der Waals surface area contributed by atoms with Gasteiger partial charge in [0.2, 0.25) is 11.8 Å². The normalized spacial score (nSPS) is 14.9. The van der Waals surface area contributed by atoms with Gasteiger partial charge in [-0.3, -0.25) is 30.1 Å². The molecule has 2 rings (SSSR count). The minimum atomic E-state index is -1.03. The Balaban J connectivity index is 1.69. The lowest BCUT2D eigenvalue weighted by molar-refractivity contribution is -0.132. The first-order valence-electron chi connectivity index (χ1n) is 8.35. The SMILES string of the molecule is C[C@H](Oc1ccccc1F)C(=O)NNC(=O)CCCN1C(=O)CN(C)C1=O. The molecule has 27 heavy (non-hydrogen) atoms. The number of hydrogen-bond donors (Lipinski definition) is 2. The van der Waals surface area contributed by atoms with E-state index in [9.17, 15) is 23.6 Å². The number of nitrogens with one attached hydrogen (secondary N) is 2. The summed E-state index contributed by atoms with van der Waals surface area (Å²) in [5.74, 6) is -2.13. The number of likely N-dealkylation sites (N-methyl/N-ethyl adjacent to an activating group) is 1. The average molecular weight is 380 g/mol. The summed E-state index contributed by atoms with van der Waals surface area (Å²) in [6, 6.07) is 5.26. The van der Waals surface area contributed by atoms with Crippen LogP contribution < -0.4 is 15.6 Å². The van der Waals surface area contributed by atoms with E-state index >= 15 is 0 Å². The summed E-state index contributed by atoms with van der Waals surface area (Å²) in [7, 11) is 1.52. The molecule has 146 valence electrons. The zero-order valence-corrected chi connectivity index (χ0v) is 15.0. The first-order chi connectivity index (χ1) is 12.8. The highest BCUT2D eigenvalue weighted by molar-refractivity contribution is 6.01. The number of nitrogens with zero attached hydrogens (tertiary/aromatic N) is 2.